The number of nitrogens with zero attached hydrogens (tertiary/aromatic N) is 1. The first-order valence-corrected chi connectivity index (χ1v) is 17.3. The Labute approximate surface area is 234 Å². The van der Waals surface area contributed by atoms with Gasteiger partial charge in [-0.15, -0.1) is 0 Å². The van der Waals surface area contributed by atoms with Crippen molar-refractivity contribution in [3.05, 3.63) is 18.2 Å². The maximum Gasteiger partial charge on any atom is 0.257 e. The summed E-state index contributed by atoms with van der Waals surface area (Å²) >= 11 is 0. The molecule has 2 heteroatoms. The van der Waals surface area contributed by atoms with Crippen LogP contribution in [0.25, 0.3) is 0 Å². The number of hydrogen-bond acceptors (Lipinski definition) is 0. The highest BCUT2D eigenvalue weighted by Crippen LogP contribution is 2.21. The standard InChI is InChI=1S/C35H68N2/c1-5-7-9-11-13-15-16-17-18-19-20-22-24-26-28-30-34(4)37-32-31-36-35(37)33(3)29-27-25-23-21-14-12-10-8-6-2/h31-34H,5-30H2,1-4H3/p+1. The van der Waals surface area contributed by atoms with E-state index in [4.69, 9.17) is 0 Å². The molecule has 0 saturated carbocycles. The highest BCUT2D eigenvalue weighted by atomic mass is 15.1. The molecule has 2 unspecified atom stereocenters. The molecular formula is C35H69N2+. The summed E-state index contributed by atoms with van der Waals surface area (Å²) in [6.07, 6.45) is 41.5. The fourth-order valence-corrected chi connectivity index (χ4v) is 5.99. The van der Waals surface area contributed by atoms with Crippen molar-refractivity contribution in [3.63, 3.8) is 0 Å². The van der Waals surface area contributed by atoms with Crippen molar-refractivity contribution in [1.29, 1.82) is 0 Å². The van der Waals surface area contributed by atoms with Crippen LogP contribution in [0.4, 0.5) is 0 Å². The number of rotatable bonds is 28. The van der Waals surface area contributed by atoms with Crippen molar-refractivity contribution in [2.75, 3.05) is 0 Å². The Morgan fingerprint density at radius 2 is 0.865 bits per heavy atom. The van der Waals surface area contributed by atoms with E-state index in [9.17, 15) is 0 Å². The van der Waals surface area contributed by atoms with E-state index in [2.05, 4.69) is 49.6 Å². The van der Waals surface area contributed by atoms with Gasteiger partial charge in [-0.2, -0.15) is 0 Å². The lowest BCUT2D eigenvalue weighted by Crippen LogP contribution is -2.40. The molecule has 0 aliphatic heterocycles. The number of hydrogen-bond donors (Lipinski definition) is 1. The summed E-state index contributed by atoms with van der Waals surface area (Å²) in [5.74, 6) is 2.09. The van der Waals surface area contributed by atoms with Crippen LogP contribution < -0.4 is 4.57 Å². The highest BCUT2D eigenvalue weighted by molar-refractivity contribution is 4.87. The van der Waals surface area contributed by atoms with Crippen LogP contribution in [0.5, 0.6) is 0 Å². The van der Waals surface area contributed by atoms with Gasteiger partial charge < -0.3 is 0 Å². The number of aromatic amines is 1. The highest BCUT2D eigenvalue weighted by Gasteiger charge is 2.22. The maximum absolute atomic E-state index is 3.58. The van der Waals surface area contributed by atoms with Crippen LogP contribution >= 0.6 is 0 Å². The molecule has 2 nitrogen and oxygen atoms in total. The molecule has 0 saturated heterocycles. The van der Waals surface area contributed by atoms with Gasteiger partial charge in [0.05, 0.1) is 12.0 Å². The average molecular weight is 518 g/mol. The zero-order valence-electron chi connectivity index (χ0n) is 26.1. The summed E-state index contributed by atoms with van der Waals surface area (Å²) in [6, 6.07) is 0.619. The fraction of sp³-hybridized carbons (Fsp3) is 0.914. The Balaban J connectivity index is 2.01. The van der Waals surface area contributed by atoms with Crippen molar-refractivity contribution in [1.82, 2.24) is 4.98 Å². The van der Waals surface area contributed by atoms with E-state index in [0.29, 0.717) is 12.0 Å². The molecule has 1 aromatic rings. The number of imidazole rings is 1. The van der Waals surface area contributed by atoms with E-state index >= 15 is 0 Å². The molecule has 0 aromatic carbocycles. The molecule has 218 valence electrons. The molecule has 0 bridgehead atoms. The second-order valence-corrected chi connectivity index (χ2v) is 12.4. The van der Waals surface area contributed by atoms with Gasteiger partial charge in [0.1, 0.15) is 12.4 Å². The summed E-state index contributed by atoms with van der Waals surface area (Å²) in [5.41, 5.74) is 0. The molecule has 1 aromatic heterocycles. The lowest BCUT2D eigenvalue weighted by atomic mass is 10.00. The molecule has 37 heavy (non-hydrogen) atoms. The van der Waals surface area contributed by atoms with Gasteiger partial charge in [0.15, 0.2) is 0 Å². The quantitative estimate of drug-likeness (QED) is 0.0842. The molecule has 0 spiro atoms. The SMILES string of the molecule is CCCCCCCCCCCCCCCCCC(C)[n+]1cc[nH]c1C(C)CCCCCCCCCCC. The van der Waals surface area contributed by atoms with Crippen molar-refractivity contribution in [2.45, 2.75) is 207 Å². The van der Waals surface area contributed by atoms with E-state index in [0.717, 1.165) is 0 Å². The predicted octanol–water partition coefficient (Wildman–Crippen LogP) is 12.1. The molecule has 1 heterocycles. The fourth-order valence-electron chi connectivity index (χ4n) is 5.99. The smallest absolute Gasteiger partial charge is 0.247 e. The predicted molar refractivity (Wildman–Crippen MR) is 166 cm³/mol. The summed E-state index contributed by atoms with van der Waals surface area (Å²) < 4.78 is 2.54. The zero-order chi connectivity index (χ0) is 26.8. The van der Waals surface area contributed by atoms with Crippen molar-refractivity contribution >= 4 is 0 Å². The van der Waals surface area contributed by atoms with Crippen LogP contribution in [-0.4, -0.2) is 4.98 Å². The first-order valence-electron chi connectivity index (χ1n) is 17.3. The molecule has 0 aliphatic carbocycles. The van der Waals surface area contributed by atoms with Crippen molar-refractivity contribution in [3.8, 4) is 0 Å². The largest absolute Gasteiger partial charge is 0.257 e. The van der Waals surface area contributed by atoms with Crippen LogP contribution in [-0.2, 0) is 0 Å². The van der Waals surface area contributed by atoms with E-state index < -0.39 is 0 Å². The Hall–Kier alpha value is -0.790. The van der Waals surface area contributed by atoms with E-state index in [1.54, 1.807) is 0 Å². The minimum atomic E-state index is 0.619. The molecular weight excluding hydrogens is 448 g/mol. The first-order chi connectivity index (χ1) is 18.2. The monoisotopic (exact) mass is 518 g/mol. The van der Waals surface area contributed by atoms with Gasteiger partial charge in [-0.3, -0.25) is 0 Å². The van der Waals surface area contributed by atoms with Gasteiger partial charge in [-0.05, 0) is 26.2 Å². The second-order valence-electron chi connectivity index (χ2n) is 12.4. The number of nitrogens with one attached hydrogen (secondary N) is 1. The van der Waals surface area contributed by atoms with E-state index in [1.807, 2.05) is 0 Å². The zero-order valence-corrected chi connectivity index (χ0v) is 26.1. The molecule has 0 radical (unpaired) electrons. The minimum absolute atomic E-state index is 0.619. The molecule has 1 N–H and O–H groups in total. The summed E-state index contributed by atoms with van der Waals surface area (Å²) in [5, 5.41) is 0. The third-order valence-electron chi connectivity index (χ3n) is 8.65. The molecule has 2 atom stereocenters. The Morgan fingerprint density at radius 1 is 0.514 bits per heavy atom. The van der Waals surface area contributed by atoms with Crippen LogP contribution in [0.15, 0.2) is 12.4 Å². The van der Waals surface area contributed by atoms with Crippen LogP contribution in [0.2, 0.25) is 0 Å². The van der Waals surface area contributed by atoms with Gasteiger partial charge in [0.2, 0.25) is 0 Å². The summed E-state index contributed by atoms with van der Waals surface area (Å²) in [7, 11) is 0. The summed E-state index contributed by atoms with van der Waals surface area (Å²) in [6.45, 7) is 9.45. The van der Waals surface area contributed by atoms with Crippen molar-refractivity contribution in [2.24, 2.45) is 0 Å². The third-order valence-corrected chi connectivity index (χ3v) is 8.65. The average Bonchev–Trinajstić information content (AvgIpc) is 3.40. The maximum atomic E-state index is 3.58. The van der Waals surface area contributed by atoms with Crippen LogP contribution in [0, 0.1) is 0 Å². The van der Waals surface area contributed by atoms with Gasteiger partial charge in [0, 0.05) is 0 Å². The topological polar surface area (TPSA) is 19.7 Å². The lowest BCUT2D eigenvalue weighted by Gasteiger charge is -2.14. The molecule has 0 amide bonds. The van der Waals surface area contributed by atoms with Gasteiger partial charge in [-0.25, -0.2) is 9.55 Å². The number of unbranched alkanes of at least 4 members (excludes halogenated alkanes) is 22. The molecule has 1 rings (SSSR count). The Kier molecular flexibility index (Phi) is 23.6. The normalized spacial score (nSPS) is 13.3. The van der Waals surface area contributed by atoms with Crippen LogP contribution in [0.3, 0.4) is 0 Å². The minimum Gasteiger partial charge on any atom is -0.247 e. The first kappa shape index (κ1) is 34.2. The molecule has 0 aliphatic rings. The van der Waals surface area contributed by atoms with E-state index in [1.165, 1.54) is 173 Å². The molecule has 0 fully saturated rings. The van der Waals surface area contributed by atoms with Gasteiger partial charge in [0.25, 0.3) is 5.82 Å². The Bertz CT molecular complexity index is 578. The summed E-state index contributed by atoms with van der Waals surface area (Å²) in [4.78, 5) is 3.58. The van der Waals surface area contributed by atoms with Gasteiger partial charge >= 0.3 is 0 Å². The number of H-pyrrole nitrogens is 1. The third kappa shape index (κ3) is 19.0. The number of aromatic nitrogens is 2. The van der Waals surface area contributed by atoms with Crippen LogP contribution in [0.1, 0.15) is 212 Å². The lowest BCUT2D eigenvalue weighted by molar-refractivity contribution is -0.727. The van der Waals surface area contributed by atoms with E-state index in [-0.39, 0.29) is 0 Å². The Morgan fingerprint density at radius 3 is 1.27 bits per heavy atom. The van der Waals surface area contributed by atoms with Gasteiger partial charge in [-0.1, -0.05) is 168 Å². The second kappa shape index (κ2) is 25.5. The van der Waals surface area contributed by atoms with Crippen molar-refractivity contribution < 1.29 is 4.57 Å².